The van der Waals surface area contributed by atoms with E-state index in [0.717, 1.165) is 6.42 Å². The van der Waals surface area contributed by atoms with Crippen molar-refractivity contribution < 1.29 is 9.90 Å². The van der Waals surface area contributed by atoms with Crippen molar-refractivity contribution in [3.05, 3.63) is 0 Å². The lowest BCUT2D eigenvalue weighted by atomic mass is 9.90. The van der Waals surface area contributed by atoms with Gasteiger partial charge in [0.25, 0.3) is 0 Å². The van der Waals surface area contributed by atoms with Crippen LogP contribution in [0.3, 0.4) is 0 Å². The van der Waals surface area contributed by atoms with E-state index in [4.69, 9.17) is 10.8 Å². The summed E-state index contributed by atoms with van der Waals surface area (Å²) in [4.78, 5) is 10.7. The van der Waals surface area contributed by atoms with Gasteiger partial charge < -0.3 is 10.8 Å². The molecule has 0 heterocycles. The Morgan fingerprint density at radius 3 is 2.38 bits per heavy atom. The average molecular weight is 229 g/mol. The van der Waals surface area contributed by atoms with Gasteiger partial charge in [-0.2, -0.15) is 0 Å². The summed E-state index contributed by atoms with van der Waals surface area (Å²) in [6.07, 6.45) is 7.06. The van der Waals surface area contributed by atoms with Crippen molar-refractivity contribution in [2.24, 2.45) is 17.6 Å². The molecule has 96 valence electrons. The molecule has 0 aromatic heterocycles. The van der Waals surface area contributed by atoms with E-state index in [0.29, 0.717) is 5.92 Å². The quantitative estimate of drug-likeness (QED) is 0.597. The fourth-order valence-corrected chi connectivity index (χ4v) is 1.89. The maximum absolute atomic E-state index is 10.7. The van der Waals surface area contributed by atoms with Crippen LogP contribution in [0.2, 0.25) is 0 Å². The average Bonchev–Trinajstić information content (AvgIpc) is 2.23. The summed E-state index contributed by atoms with van der Waals surface area (Å²) in [6.45, 7) is 6.06. The summed E-state index contributed by atoms with van der Waals surface area (Å²) in [5.74, 6) is -0.683. The topological polar surface area (TPSA) is 63.3 Å². The molecule has 0 aliphatic rings. The second-order valence-corrected chi connectivity index (χ2v) is 4.98. The summed E-state index contributed by atoms with van der Waals surface area (Å²) in [7, 11) is 0. The van der Waals surface area contributed by atoms with Gasteiger partial charge >= 0.3 is 5.97 Å². The third-order valence-electron chi connectivity index (χ3n) is 3.26. The molecule has 0 aliphatic heterocycles. The largest absolute Gasteiger partial charge is 0.481 e. The van der Waals surface area contributed by atoms with Gasteiger partial charge in [0.05, 0.1) is 5.92 Å². The normalized spacial score (nSPS) is 16.8. The van der Waals surface area contributed by atoms with Crippen LogP contribution in [0.5, 0.6) is 0 Å². The highest BCUT2D eigenvalue weighted by Gasteiger charge is 2.21. The molecule has 0 radical (unpaired) electrons. The predicted octanol–water partition coefficient (Wildman–Crippen LogP) is 3.03. The molecule has 0 spiro atoms. The van der Waals surface area contributed by atoms with Gasteiger partial charge in [-0.3, -0.25) is 4.79 Å². The summed E-state index contributed by atoms with van der Waals surface area (Å²) < 4.78 is 0. The number of unbranched alkanes of at least 4 members (excludes halogenated alkanes) is 3. The summed E-state index contributed by atoms with van der Waals surface area (Å²) in [6, 6.07) is -0.210. The zero-order valence-corrected chi connectivity index (χ0v) is 10.9. The first-order chi connectivity index (χ1) is 7.49. The van der Waals surface area contributed by atoms with Crippen LogP contribution in [0.1, 0.15) is 59.3 Å². The van der Waals surface area contributed by atoms with Crippen LogP contribution in [0.15, 0.2) is 0 Å². The minimum Gasteiger partial charge on any atom is -0.481 e. The van der Waals surface area contributed by atoms with Crippen LogP contribution in [0, 0.1) is 11.8 Å². The summed E-state index contributed by atoms with van der Waals surface area (Å²) >= 11 is 0. The van der Waals surface area contributed by atoms with Crippen LogP contribution in [-0.4, -0.2) is 17.1 Å². The minimum absolute atomic E-state index is 0.210. The highest BCUT2D eigenvalue weighted by atomic mass is 16.4. The number of aliphatic carboxylic acids is 1. The Bertz CT molecular complexity index is 194. The lowest BCUT2D eigenvalue weighted by Gasteiger charge is -2.20. The molecule has 0 rings (SSSR count). The van der Waals surface area contributed by atoms with Crippen LogP contribution < -0.4 is 5.73 Å². The van der Waals surface area contributed by atoms with Gasteiger partial charge in [0.2, 0.25) is 0 Å². The lowest BCUT2D eigenvalue weighted by Crippen LogP contribution is -2.34. The third-order valence-corrected chi connectivity index (χ3v) is 3.26. The molecule has 3 nitrogen and oxygen atoms in total. The van der Waals surface area contributed by atoms with Crippen molar-refractivity contribution in [2.75, 3.05) is 0 Å². The van der Waals surface area contributed by atoms with Gasteiger partial charge in [0.15, 0.2) is 0 Å². The van der Waals surface area contributed by atoms with E-state index >= 15 is 0 Å². The smallest absolute Gasteiger partial charge is 0.307 e. The molecule has 0 saturated carbocycles. The molecule has 0 saturated heterocycles. The molecule has 0 fully saturated rings. The standard InChI is InChI=1S/C13H27NO2/c1-4-5-6-7-8-10(2)9-12(14)11(3)13(15)16/h10-12H,4-9,14H2,1-3H3,(H,15,16)/t10-,11?,12+/m1/s1. The third kappa shape index (κ3) is 6.83. The van der Waals surface area contributed by atoms with Crippen molar-refractivity contribution in [1.29, 1.82) is 0 Å². The Kier molecular flexibility index (Phi) is 8.26. The highest BCUT2D eigenvalue weighted by molar-refractivity contribution is 5.70. The van der Waals surface area contributed by atoms with E-state index in [9.17, 15) is 4.79 Å². The maximum Gasteiger partial charge on any atom is 0.307 e. The molecule has 0 bridgehead atoms. The number of carbonyl (C=O) groups is 1. The molecule has 3 N–H and O–H groups in total. The fraction of sp³-hybridized carbons (Fsp3) is 0.923. The zero-order chi connectivity index (χ0) is 12.6. The van der Waals surface area contributed by atoms with Crippen molar-refractivity contribution in [1.82, 2.24) is 0 Å². The first-order valence-electron chi connectivity index (χ1n) is 6.47. The molecule has 16 heavy (non-hydrogen) atoms. The molecule has 3 heteroatoms. The van der Waals surface area contributed by atoms with E-state index in [1.807, 2.05) is 0 Å². The monoisotopic (exact) mass is 229 g/mol. The lowest BCUT2D eigenvalue weighted by molar-refractivity contribution is -0.141. The number of rotatable bonds is 9. The maximum atomic E-state index is 10.7. The van der Waals surface area contributed by atoms with Gasteiger partial charge in [-0.15, -0.1) is 0 Å². The van der Waals surface area contributed by atoms with Crippen molar-refractivity contribution >= 4 is 5.97 Å². The van der Waals surface area contributed by atoms with Crippen molar-refractivity contribution in [3.63, 3.8) is 0 Å². The van der Waals surface area contributed by atoms with Gasteiger partial charge in [0.1, 0.15) is 0 Å². The summed E-state index contributed by atoms with van der Waals surface area (Å²) in [5.41, 5.74) is 5.87. The van der Waals surface area contributed by atoms with Gasteiger partial charge in [-0.05, 0) is 12.3 Å². The van der Waals surface area contributed by atoms with E-state index < -0.39 is 11.9 Å². The Hall–Kier alpha value is -0.570. The van der Waals surface area contributed by atoms with E-state index in [2.05, 4.69) is 13.8 Å². The van der Waals surface area contributed by atoms with E-state index in [1.54, 1.807) is 6.92 Å². The molecular weight excluding hydrogens is 202 g/mol. The number of nitrogens with two attached hydrogens (primary N) is 1. The number of hydrogen-bond acceptors (Lipinski definition) is 2. The minimum atomic E-state index is -0.786. The fourth-order valence-electron chi connectivity index (χ4n) is 1.89. The zero-order valence-electron chi connectivity index (χ0n) is 10.9. The Morgan fingerprint density at radius 2 is 1.88 bits per heavy atom. The molecule has 3 atom stereocenters. The molecule has 0 aromatic rings. The molecule has 0 amide bonds. The Balaban J connectivity index is 3.69. The number of carboxylic acid groups (broad SMARTS) is 1. The van der Waals surface area contributed by atoms with Crippen molar-refractivity contribution in [2.45, 2.75) is 65.3 Å². The van der Waals surface area contributed by atoms with Gasteiger partial charge in [0, 0.05) is 6.04 Å². The summed E-state index contributed by atoms with van der Waals surface area (Å²) in [5, 5.41) is 8.83. The van der Waals surface area contributed by atoms with Crippen LogP contribution >= 0.6 is 0 Å². The highest BCUT2D eigenvalue weighted by Crippen LogP contribution is 2.18. The first-order valence-corrected chi connectivity index (χ1v) is 6.47. The molecule has 0 aliphatic carbocycles. The first kappa shape index (κ1) is 15.4. The molecular formula is C13H27NO2. The second kappa shape index (κ2) is 8.57. The number of hydrogen-bond donors (Lipinski definition) is 2. The van der Waals surface area contributed by atoms with Crippen LogP contribution in [0.4, 0.5) is 0 Å². The van der Waals surface area contributed by atoms with Crippen LogP contribution in [0.25, 0.3) is 0 Å². The van der Waals surface area contributed by atoms with Crippen molar-refractivity contribution in [3.8, 4) is 0 Å². The Morgan fingerprint density at radius 1 is 1.25 bits per heavy atom. The van der Waals surface area contributed by atoms with Gasteiger partial charge in [-0.1, -0.05) is 52.9 Å². The van der Waals surface area contributed by atoms with Crippen LogP contribution in [-0.2, 0) is 4.79 Å². The molecule has 0 aromatic carbocycles. The van der Waals surface area contributed by atoms with Gasteiger partial charge in [-0.25, -0.2) is 0 Å². The SMILES string of the molecule is CCCCCC[C@@H](C)C[C@H](N)C(C)C(=O)O. The van der Waals surface area contributed by atoms with E-state index in [1.165, 1.54) is 32.1 Å². The molecule has 1 unspecified atom stereocenters. The van der Waals surface area contributed by atoms with E-state index in [-0.39, 0.29) is 6.04 Å². The second-order valence-electron chi connectivity index (χ2n) is 4.98. The predicted molar refractivity (Wildman–Crippen MR) is 67.3 cm³/mol. The Labute approximate surface area is 99.4 Å². The number of carboxylic acids is 1.